The van der Waals surface area contributed by atoms with Gasteiger partial charge in [0.15, 0.2) is 0 Å². The molecule has 2 aliphatic heterocycles. The third kappa shape index (κ3) is 4.95. The average Bonchev–Trinajstić information content (AvgIpc) is 2.68. The maximum atomic E-state index is 12.7. The molecule has 1 aromatic rings. The standard InChI is InChI=1S/C20H32N4O2/c1-16-4-3-10-24(15-16)18-7-11-23(12-8-18)20(25)17-5-6-19(22-14-17)21-9-13-26-2/h5-6,14,16,18H,3-4,7-13,15H2,1-2H3,(H,21,22). The maximum absolute atomic E-state index is 12.7. The molecule has 1 atom stereocenters. The number of carbonyl (C=O) groups is 1. The van der Waals surface area contributed by atoms with Gasteiger partial charge in [-0.3, -0.25) is 9.69 Å². The van der Waals surface area contributed by atoms with E-state index in [0.717, 1.165) is 37.7 Å². The minimum absolute atomic E-state index is 0.103. The fourth-order valence-electron chi connectivity index (χ4n) is 4.08. The summed E-state index contributed by atoms with van der Waals surface area (Å²) >= 11 is 0. The van der Waals surface area contributed by atoms with Crippen molar-refractivity contribution in [3.05, 3.63) is 23.9 Å². The van der Waals surface area contributed by atoms with E-state index in [1.54, 1.807) is 13.3 Å². The fraction of sp³-hybridized carbons (Fsp3) is 0.700. The number of ether oxygens (including phenoxy) is 1. The summed E-state index contributed by atoms with van der Waals surface area (Å²) in [5, 5.41) is 3.17. The Morgan fingerprint density at radius 2 is 2.08 bits per heavy atom. The number of rotatable bonds is 6. The Labute approximate surface area is 156 Å². The van der Waals surface area contributed by atoms with Gasteiger partial charge in [-0.15, -0.1) is 0 Å². The van der Waals surface area contributed by atoms with Gasteiger partial charge in [-0.25, -0.2) is 4.98 Å². The number of piperidine rings is 2. The zero-order chi connectivity index (χ0) is 18.4. The predicted octanol–water partition coefficient (Wildman–Crippen LogP) is 2.48. The third-order valence-electron chi connectivity index (χ3n) is 5.58. The molecule has 6 heteroatoms. The van der Waals surface area contributed by atoms with Crippen LogP contribution in [0.2, 0.25) is 0 Å². The monoisotopic (exact) mass is 360 g/mol. The predicted molar refractivity (Wildman–Crippen MR) is 103 cm³/mol. The van der Waals surface area contributed by atoms with Crippen LogP contribution in [-0.4, -0.2) is 73.2 Å². The van der Waals surface area contributed by atoms with Crippen LogP contribution in [0.25, 0.3) is 0 Å². The number of pyridine rings is 1. The Hall–Kier alpha value is -1.66. The number of nitrogens with one attached hydrogen (secondary N) is 1. The van der Waals surface area contributed by atoms with Crippen molar-refractivity contribution in [1.82, 2.24) is 14.8 Å². The summed E-state index contributed by atoms with van der Waals surface area (Å²) in [6, 6.07) is 4.38. The molecule has 2 aliphatic rings. The van der Waals surface area contributed by atoms with Crippen molar-refractivity contribution < 1.29 is 9.53 Å². The second-order valence-electron chi connectivity index (χ2n) is 7.62. The van der Waals surface area contributed by atoms with E-state index in [0.29, 0.717) is 24.8 Å². The van der Waals surface area contributed by atoms with Gasteiger partial charge in [-0.1, -0.05) is 6.92 Å². The number of hydrogen-bond donors (Lipinski definition) is 1. The van der Waals surface area contributed by atoms with Crippen molar-refractivity contribution >= 4 is 11.7 Å². The molecule has 144 valence electrons. The third-order valence-corrected chi connectivity index (χ3v) is 5.58. The van der Waals surface area contributed by atoms with Gasteiger partial charge in [-0.05, 0) is 50.3 Å². The molecule has 1 unspecified atom stereocenters. The molecule has 1 N–H and O–H groups in total. The van der Waals surface area contributed by atoms with Crippen LogP contribution in [0.1, 0.15) is 43.0 Å². The first-order chi connectivity index (χ1) is 12.7. The van der Waals surface area contributed by atoms with Crippen LogP contribution in [0.3, 0.4) is 0 Å². The van der Waals surface area contributed by atoms with Crippen molar-refractivity contribution in [2.75, 3.05) is 51.8 Å². The molecule has 0 aliphatic carbocycles. The van der Waals surface area contributed by atoms with Crippen molar-refractivity contribution in [3.63, 3.8) is 0 Å². The lowest BCUT2D eigenvalue weighted by molar-refractivity contribution is 0.0541. The second kappa shape index (κ2) is 9.33. The van der Waals surface area contributed by atoms with E-state index in [2.05, 4.69) is 22.1 Å². The van der Waals surface area contributed by atoms with Crippen LogP contribution in [0.5, 0.6) is 0 Å². The molecule has 6 nitrogen and oxygen atoms in total. The number of methoxy groups -OCH3 is 1. The van der Waals surface area contributed by atoms with E-state index in [1.165, 1.54) is 25.9 Å². The molecule has 26 heavy (non-hydrogen) atoms. The van der Waals surface area contributed by atoms with Crippen molar-refractivity contribution in [3.8, 4) is 0 Å². The van der Waals surface area contributed by atoms with E-state index in [4.69, 9.17) is 4.74 Å². The van der Waals surface area contributed by atoms with Crippen LogP contribution in [0.15, 0.2) is 18.3 Å². The van der Waals surface area contributed by atoms with E-state index in [-0.39, 0.29) is 5.91 Å². The van der Waals surface area contributed by atoms with Gasteiger partial charge in [0, 0.05) is 45.5 Å². The lowest BCUT2D eigenvalue weighted by Crippen LogP contribution is -2.49. The van der Waals surface area contributed by atoms with Crippen molar-refractivity contribution in [2.24, 2.45) is 5.92 Å². The summed E-state index contributed by atoms with van der Waals surface area (Å²) in [4.78, 5) is 21.7. The van der Waals surface area contributed by atoms with Crippen LogP contribution in [0, 0.1) is 5.92 Å². The van der Waals surface area contributed by atoms with Gasteiger partial charge in [0.2, 0.25) is 0 Å². The van der Waals surface area contributed by atoms with Crippen LogP contribution < -0.4 is 5.32 Å². The number of amides is 1. The van der Waals surface area contributed by atoms with Gasteiger partial charge in [-0.2, -0.15) is 0 Å². The first-order valence-corrected chi connectivity index (χ1v) is 9.89. The number of hydrogen-bond acceptors (Lipinski definition) is 5. The quantitative estimate of drug-likeness (QED) is 0.790. The minimum Gasteiger partial charge on any atom is -0.383 e. The van der Waals surface area contributed by atoms with Gasteiger partial charge in [0.05, 0.1) is 12.2 Å². The molecular formula is C20H32N4O2. The SMILES string of the molecule is COCCNc1ccc(C(=O)N2CCC(N3CCCC(C)C3)CC2)cn1. The number of carbonyl (C=O) groups excluding carboxylic acids is 1. The molecule has 1 aromatic heterocycles. The second-order valence-corrected chi connectivity index (χ2v) is 7.62. The molecule has 0 radical (unpaired) electrons. The first kappa shape index (κ1) is 19.1. The summed E-state index contributed by atoms with van der Waals surface area (Å²) in [5.74, 6) is 1.69. The van der Waals surface area contributed by atoms with Gasteiger partial charge in [0.25, 0.3) is 5.91 Å². The number of likely N-dealkylation sites (tertiary alicyclic amines) is 2. The van der Waals surface area contributed by atoms with Crippen molar-refractivity contribution in [1.29, 1.82) is 0 Å². The van der Waals surface area contributed by atoms with Crippen LogP contribution >= 0.6 is 0 Å². The molecule has 0 bridgehead atoms. The van der Waals surface area contributed by atoms with E-state index in [1.807, 2.05) is 17.0 Å². The zero-order valence-corrected chi connectivity index (χ0v) is 16.1. The smallest absolute Gasteiger partial charge is 0.255 e. The molecule has 2 fully saturated rings. The fourth-order valence-corrected chi connectivity index (χ4v) is 4.08. The summed E-state index contributed by atoms with van der Waals surface area (Å²) < 4.78 is 5.01. The Bertz CT molecular complexity index is 570. The molecule has 3 heterocycles. The Morgan fingerprint density at radius 1 is 1.27 bits per heavy atom. The van der Waals surface area contributed by atoms with Gasteiger partial charge >= 0.3 is 0 Å². The lowest BCUT2D eigenvalue weighted by atomic mass is 9.95. The number of aromatic nitrogens is 1. The van der Waals surface area contributed by atoms with E-state index < -0.39 is 0 Å². The zero-order valence-electron chi connectivity index (χ0n) is 16.1. The molecular weight excluding hydrogens is 328 g/mol. The molecule has 0 aromatic carbocycles. The molecule has 0 saturated carbocycles. The minimum atomic E-state index is 0.103. The lowest BCUT2D eigenvalue weighted by Gasteiger charge is -2.41. The van der Waals surface area contributed by atoms with E-state index >= 15 is 0 Å². The normalized spacial score (nSPS) is 22.4. The molecule has 3 rings (SSSR count). The Kier molecular flexibility index (Phi) is 6.86. The summed E-state index contributed by atoms with van der Waals surface area (Å²) in [5.41, 5.74) is 0.673. The largest absolute Gasteiger partial charge is 0.383 e. The van der Waals surface area contributed by atoms with Crippen molar-refractivity contribution in [2.45, 2.75) is 38.6 Å². The topological polar surface area (TPSA) is 57.7 Å². The molecule has 0 spiro atoms. The highest BCUT2D eigenvalue weighted by molar-refractivity contribution is 5.94. The molecule has 2 saturated heterocycles. The number of anilines is 1. The maximum Gasteiger partial charge on any atom is 0.255 e. The highest BCUT2D eigenvalue weighted by Gasteiger charge is 2.29. The summed E-state index contributed by atoms with van der Waals surface area (Å²) in [6.07, 6.45) is 6.52. The highest BCUT2D eigenvalue weighted by atomic mass is 16.5. The van der Waals surface area contributed by atoms with Gasteiger partial charge in [0.1, 0.15) is 5.82 Å². The first-order valence-electron chi connectivity index (χ1n) is 9.89. The average molecular weight is 361 g/mol. The Morgan fingerprint density at radius 3 is 2.73 bits per heavy atom. The van der Waals surface area contributed by atoms with Crippen LogP contribution in [0.4, 0.5) is 5.82 Å². The molecule has 1 amide bonds. The van der Waals surface area contributed by atoms with Gasteiger partial charge < -0.3 is 15.0 Å². The number of nitrogens with zero attached hydrogens (tertiary/aromatic N) is 3. The Balaban J connectivity index is 1.48. The summed E-state index contributed by atoms with van der Waals surface area (Å²) in [7, 11) is 1.67. The highest BCUT2D eigenvalue weighted by Crippen LogP contribution is 2.24. The van der Waals surface area contributed by atoms with Crippen LogP contribution in [-0.2, 0) is 4.74 Å². The summed E-state index contributed by atoms with van der Waals surface area (Å²) in [6.45, 7) is 7.84. The van der Waals surface area contributed by atoms with E-state index in [9.17, 15) is 4.79 Å².